The first kappa shape index (κ1) is 22.8. The van der Waals surface area contributed by atoms with E-state index in [4.69, 9.17) is 9.68 Å². The summed E-state index contributed by atoms with van der Waals surface area (Å²) in [6, 6.07) is 9.07. The Balaban J connectivity index is 1.89. The molecule has 1 fully saturated rings. The highest BCUT2D eigenvalue weighted by Gasteiger charge is 2.27. The molecule has 1 aromatic heterocycles. The van der Waals surface area contributed by atoms with Crippen LogP contribution in [0.5, 0.6) is 0 Å². The van der Waals surface area contributed by atoms with Gasteiger partial charge in [0.1, 0.15) is 5.76 Å². The molecule has 0 bridgehead atoms. The van der Waals surface area contributed by atoms with Gasteiger partial charge >= 0.3 is 6.01 Å². The van der Waals surface area contributed by atoms with E-state index in [1.54, 1.807) is 29.2 Å². The Morgan fingerprint density at radius 3 is 2.61 bits per heavy atom. The lowest BCUT2D eigenvalue weighted by Crippen LogP contribution is -2.30. The van der Waals surface area contributed by atoms with Crippen molar-refractivity contribution in [1.82, 2.24) is 9.71 Å². The number of nitriles is 1. The smallest absolute Gasteiger partial charge is 0.302 e. The van der Waals surface area contributed by atoms with Crippen molar-refractivity contribution in [3.63, 3.8) is 0 Å². The predicted octanol–water partition coefficient (Wildman–Crippen LogP) is 2.62. The van der Waals surface area contributed by atoms with E-state index < -0.39 is 15.9 Å². The van der Waals surface area contributed by atoms with E-state index in [1.165, 1.54) is 6.92 Å². The molecule has 2 atom stereocenters. The number of oxazole rings is 1. The van der Waals surface area contributed by atoms with Crippen LogP contribution in [0.25, 0.3) is 0 Å². The Morgan fingerprint density at radius 2 is 2.00 bits per heavy atom. The number of amides is 1. The van der Waals surface area contributed by atoms with Crippen LogP contribution >= 0.6 is 0 Å². The number of nitrogens with one attached hydrogen (secondary N) is 1. The fraction of sp³-hybridized carbons (Fsp3) is 0.476. The number of aromatic nitrogens is 1. The maximum atomic E-state index is 12.3. The summed E-state index contributed by atoms with van der Waals surface area (Å²) in [5, 5.41) is 19.4. The van der Waals surface area contributed by atoms with E-state index in [2.05, 4.69) is 11.1 Å². The van der Waals surface area contributed by atoms with E-state index in [0.717, 1.165) is 31.9 Å². The molecule has 166 valence electrons. The minimum absolute atomic E-state index is 0.114. The third kappa shape index (κ3) is 5.83. The lowest BCUT2D eigenvalue weighted by atomic mass is 9.84. The molecule has 0 spiro atoms. The number of carbonyl (C=O) groups is 1. The van der Waals surface area contributed by atoms with Gasteiger partial charge in [-0.15, -0.1) is 0 Å². The molecule has 1 aliphatic carbocycles. The minimum Gasteiger partial charge on any atom is -0.428 e. The van der Waals surface area contributed by atoms with Gasteiger partial charge in [-0.25, -0.2) is 13.1 Å². The number of carbonyl (C=O) groups excluding carboxylic acids is 1. The zero-order valence-corrected chi connectivity index (χ0v) is 18.4. The van der Waals surface area contributed by atoms with Gasteiger partial charge in [0.2, 0.25) is 10.0 Å². The minimum atomic E-state index is -3.74. The van der Waals surface area contributed by atoms with E-state index in [0.29, 0.717) is 24.2 Å². The van der Waals surface area contributed by atoms with Crippen molar-refractivity contribution in [2.75, 3.05) is 17.7 Å². The molecule has 0 saturated heterocycles. The van der Waals surface area contributed by atoms with Crippen LogP contribution in [-0.2, 0) is 10.0 Å². The summed E-state index contributed by atoms with van der Waals surface area (Å²) in [7, 11) is -3.74. The Bertz CT molecular complexity index is 1070. The van der Waals surface area contributed by atoms with Gasteiger partial charge < -0.3 is 9.52 Å². The van der Waals surface area contributed by atoms with Crippen LogP contribution in [0.15, 0.2) is 28.7 Å². The largest absolute Gasteiger partial charge is 0.428 e. The summed E-state index contributed by atoms with van der Waals surface area (Å²) in [6.07, 6.45) is 5.05. The molecular formula is C21H26N4O5S. The van der Waals surface area contributed by atoms with Crippen molar-refractivity contribution in [1.29, 1.82) is 5.26 Å². The van der Waals surface area contributed by atoms with Crippen molar-refractivity contribution < 1.29 is 22.7 Å². The molecule has 0 unspecified atom stereocenters. The second-order valence-corrected chi connectivity index (χ2v) is 9.56. The first-order valence-electron chi connectivity index (χ1n) is 10.1. The highest BCUT2D eigenvalue weighted by Crippen LogP contribution is 2.31. The Labute approximate surface area is 181 Å². The molecule has 0 aliphatic heterocycles. The van der Waals surface area contributed by atoms with Crippen LogP contribution in [-0.4, -0.2) is 43.3 Å². The molecule has 1 heterocycles. The molecule has 9 nitrogen and oxygen atoms in total. The van der Waals surface area contributed by atoms with Crippen LogP contribution in [0.3, 0.4) is 0 Å². The van der Waals surface area contributed by atoms with Crippen molar-refractivity contribution in [3.8, 4) is 6.07 Å². The van der Waals surface area contributed by atoms with Crippen LogP contribution < -0.4 is 9.62 Å². The maximum absolute atomic E-state index is 12.3. The van der Waals surface area contributed by atoms with Gasteiger partial charge in [-0.1, -0.05) is 12.8 Å². The van der Waals surface area contributed by atoms with Crippen LogP contribution in [0.2, 0.25) is 0 Å². The quantitative estimate of drug-likeness (QED) is 0.662. The normalized spacial score (nSPS) is 18.9. The second-order valence-electron chi connectivity index (χ2n) is 7.82. The van der Waals surface area contributed by atoms with Crippen molar-refractivity contribution in [3.05, 3.63) is 41.3 Å². The van der Waals surface area contributed by atoms with Crippen molar-refractivity contribution in [2.24, 2.45) is 5.92 Å². The summed E-state index contributed by atoms with van der Waals surface area (Å²) < 4.78 is 30.4. The number of hydrogen-bond acceptors (Lipinski definition) is 8. The number of rotatable bonds is 7. The third-order valence-electron chi connectivity index (χ3n) is 5.41. The van der Waals surface area contributed by atoms with Crippen LogP contribution in [0.1, 0.15) is 53.9 Å². The van der Waals surface area contributed by atoms with E-state index in [1.807, 2.05) is 4.72 Å². The first-order valence-corrected chi connectivity index (χ1v) is 12.0. The lowest BCUT2D eigenvalue weighted by molar-refractivity contribution is 0.0665. The fourth-order valence-electron chi connectivity index (χ4n) is 3.80. The summed E-state index contributed by atoms with van der Waals surface area (Å²) >= 11 is 0. The molecule has 31 heavy (non-hydrogen) atoms. The molecule has 1 aliphatic rings. The Morgan fingerprint density at radius 1 is 1.32 bits per heavy atom. The standard InChI is InChI=1S/C21H26N4O5S/c1-14-19(20(27)24-31(2,28)29)23-21(30-14)25(17-9-7-15(13-22)8-10-17)12-11-16-5-3-4-6-18(16)26/h7-10,16,18,26H,3-6,11-12H2,1-2H3,(H,24,27)/t16-,18+/m0/s1. The molecule has 2 N–H and O–H groups in total. The van der Waals surface area contributed by atoms with Crippen molar-refractivity contribution in [2.45, 2.75) is 45.1 Å². The molecule has 1 saturated carbocycles. The average molecular weight is 447 g/mol. The number of benzene rings is 1. The number of anilines is 2. The van der Waals surface area contributed by atoms with Crippen LogP contribution in [0.4, 0.5) is 11.7 Å². The Kier molecular flexibility index (Phi) is 6.97. The number of aryl methyl sites for hydroxylation is 1. The van der Waals surface area contributed by atoms with Gasteiger partial charge in [-0.2, -0.15) is 10.2 Å². The molecule has 2 aromatic rings. The predicted molar refractivity (Wildman–Crippen MR) is 114 cm³/mol. The number of sulfonamides is 1. The second kappa shape index (κ2) is 9.49. The van der Waals surface area contributed by atoms with Gasteiger partial charge in [0.05, 0.1) is 24.0 Å². The Hall–Kier alpha value is -2.90. The van der Waals surface area contributed by atoms with E-state index in [9.17, 15) is 18.3 Å². The monoisotopic (exact) mass is 446 g/mol. The number of hydrogen-bond donors (Lipinski definition) is 2. The van der Waals surface area contributed by atoms with Gasteiger partial charge in [-0.3, -0.25) is 9.69 Å². The maximum Gasteiger partial charge on any atom is 0.302 e. The van der Waals surface area contributed by atoms with E-state index in [-0.39, 0.29) is 29.5 Å². The number of nitrogens with zero attached hydrogens (tertiary/aromatic N) is 3. The van der Waals surface area contributed by atoms with Gasteiger partial charge in [0.25, 0.3) is 5.91 Å². The molecule has 3 rings (SSSR count). The molecule has 10 heteroatoms. The number of aliphatic hydroxyl groups is 1. The molecule has 0 radical (unpaired) electrons. The van der Waals surface area contributed by atoms with Crippen molar-refractivity contribution >= 4 is 27.6 Å². The molecular weight excluding hydrogens is 420 g/mol. The summed E-state index contributed by atoms with van der Waals surface area (Å²) in [5.41, 5.74) is 1.10. The average Bonchev–Trinajstić information content (AvgIpc) is 3.10. The molecule has 1 amide bonds. The topological polar surface area (TPSA) is 137 Å². The first-order chi connectivity index (χ1) is 14.7. The fourth-order valence-corrected chi connectivity index (χ4v) is 4.23. The van der Waals surface area contributed by atoms with Gasteiger partial charge in [-0.05, 0) is 56.4 Å². The highest BCUT2D eigenvalue weighted by molar-refractivity contribution is 7.89. The zero-order chi connectivity index (χ0) is 22.6. The SMILES string of the molecule is Cc1oc(N(CC[C@@H]2CCCC[C@H]2O)c2ccc(C#N)cc2)nc1C(=O)NS(C)(=O)=O. The van der Waals surface area contributed by atoms with Crippen LogP contribution in [0, 0.1) is 24.2 Å². The zero-order valence-electron chi connectivity index (χ0n) is 17.5. The molecule has 1 aromatic carbocycles. The van der Waals surface area contributed by atoms with Gasteiger partial charge in [0, 0.05) is 12.2 Å². The highest BCUT2D eigenvalue weighted by atomic mass is 32.2. The number of aliphatic hydroxyl groups excluding tert-OH is 1. The van der Waals surface area contributed by atoms with Gasteiger partial charge in [0.15, 0.2) is 5.69 Å². The third-order valence-corrected chi connectivity index (χ3v) is 5.97. The summed E-state index contributed by atoms with van der Waals surface area (Å²) in [6.45, 7) is 2.01. The summed E-state index contributed by atoms with van der Waals surface area (Å²) in [5.74, 6) is -0.524. The summed E-state index contributed by atoms with van der Waals surface area (Å²) in [4.78, 5) is 18.3. The van der Waals surface area contributed by atoms with E-state index >= 15 is 0 Å². The lowest BCUT2D eigenvalue weighted by Gasteiger charge is -2.30.